The molecule has 1 heterocycles. The van der Waals surface area contributed by atoms with Crippen LogP contribution in [0.15, 0.2) is 12.1 Å². The van der Waals surface area contributed by atoms with Crippen LogP contribution in [0.3, 0.4) is 0 Å². The molecule has 0 aliphatic carbocycles. The summed E-state index contributed by atoms with van der Waals surface area (Å²) in [5, 5.41) is 8.97. The second-order valence-corrected chi connectivity index (χ2v) is 4.94. The molecular weight excluding hydrogens is 268 g/mol. The lowest BCUT2D eigenvalue weighted by atomic mass is 10.1. The topological polar surface area (TPSA) is 70.5 Å². The molecule has 0 aliphatic heterocycles. The Morgan fingerprint density at radius 1 is 1.42 bits per heavy atom. The molecule has 1 amide bonds. The molecule has 1 N–H and O–H groups in total. The summed E-state index contributed by atoms with van der Waals surface area (Å²) in [6.45, 7) is 5.61. The van der Waals surface area contributed by atoms with Crippen LogP contribution < -0.4 is 0 Å². The Balaban J connectivity index is 2.95. The van der Waals surface area contributed by atoms with Crippen LogP contribution in [0.2, 0.25) is 5.15 Å². The first-order valence-electron chi connectivity index (χ1n) is 5.98. The van der Waals surface area contributed by atoms with Crippen molar-refractivity contribution in [1.82, 2.24) is 9.88 Å². The molecule has 0 unspecified atom stereocenters. The maximum Gasteiger partial charge on any atom is 0.305 e. The Kier molecular flexibility index (Phi) is 5.30. The highest BCUT2D eigenvalue weighted by Gasteiger charge is 2.20. The Morgan fingerprint density at radius 3 is 2.53 bits per heavy atom. The van der Waals surface area contributed by atoms with Gasteiger partial charge >= 0.3 is 5.97 Å². The molecule has 1 aromatic heterocycles. The lowest BCUT2D eigenvalue weighted by Crippen LogP contribution is -2.38. The fourth-order valence-corrected chi connectivity index (χ4v) is 1.98. The quantitative estimate of drug-likeness (QED) is 0.843. The van der Waals surface area contributed by atoms with Gasteiger partial charge in [0.2, 0.25) is 0 Å². The number of carbonyl (C=O) groups is 2. The van der Waals surface area contributed by atoms with Gasteiger partial charge in [0.15, 0.2) is 0 Å². The largest absolute Gasteiger partial charge is 0.481 e. The molecule has 0 radical (unpaired) electrons. The number of carboxylic acids is 1. The number of aliphatic carboxylic acids is 1. The number of carboxylic acid groups (broad SMARTS) is 1. The number of halogens is 1. The number of nitrogens with zero attached hydrogens (tertiary/aromatic N) is 2. The Bertz CT molecular complexity index is 469. The van der Waals surface area contributed by atoms with E-state index in [1.54, 1.807) is 13.0 Å². The van der Waals surface area contributed by atoms with Crippen LogP contribution in [0.1, 0.15) is 36.3 Å². The highest BCUT2D eigenvalue weighted by molar-refractivity contribution is 6.29. The summed E-state index contributed by atoms with van der Waals surface area (Å²) in [5.74, 6) is -1.16. The first-order chi connectivity index (χ1) is 8.81. The van der Waals surface area contributed by atoms with Crippen LogP contribution in [0.4, 0.5) is 0 Å². The molecule has 0 fully saturated rings. The van der Waals surface area contributed by atoms with Crippen molar-refractivity contribution in [3.8, 4) is 0 Å². The van der Waals surface area contributed by atoms with Gasteiger partial charge in [-0.05, 0) is 32.9 Å². The van der Waals surface area contributed by atoms with E-state index in [1.165, 1.54) is 11.0 Å². The van der Waals surface area contributed by atoms with Gasteiger partial charge in [0.25, 0.3) is 5.91 Å². The zero-order valence-electron chi connectivity index (χ0n) is 11.2. The first kappa shape index (κ1) is 15.4. The second kappa shape index (κ2) is 6.52. The van der Waals surface area contributed by atoms with Crippen LogP contribution in [0.25, 0.3) is 0 Å². The Labute approximate surface area is 117 Å². The van der Waals surface area contributed by atoms with Gasteiger partial charge in [-0.2, -0.15) is 0 Å². The monoisotopic (exact) mass is 284 g/mol. The van der Waals surface area contributed by atoms with E-state index in [0.29, 0.717) is 11.3 Å². The van der Waals surface area contributed by atoms with E-state index in [1.807, 2.05) is 13.8 Å². The first-order valence-corrected chi connectivity index (χ1v) is 6.36. The number of aryl methyl sites for hydroxylation is 1. The summed E-state index contributed by atoms with van der Waals surface area (Å²) in [5.41, 5.74) is 1.08. The molecule has 0 spiro atoms. The zero-order valence-corrected chi connectivity index (χ0v) is 11.9. The number of carbonyl (C=O) groups excluding carboxylic acids is 1. The number of hydrogen-bond acceptors (Lipinski definition) is 3. The molecule has 104 valence electrons. The molecule has 0 aliphatic rings. The van der Waals surface area contributed by atoms with E-state index in [9.17, 15) is 9.59 Å². The summed E-state index contributed by atoms with van der Waals surface area (Å²) >= 11 is 5.83. The average Bonchev–Trinajstić information content (AvgIpc) is 2.26. The van der Waals surface area contributed by atoms with Gasteiger partial charge in [-0.1, -0.05) is 11.6 Å². The molecule has 5 nitrogen and oxygen atoms in total. The smallest absolute Gasteiger partial charge is 0.305 e. The molecule has 0 aromatic carbocycles. The molecule has 0 saturated heterocycles. The predicted octanol–water partition coefficient (Wildman–Crippen LogP) is 2.37. The number of rotatable bonds is 5. The number of pyridine rings is 1. The van der Waals surface area contributed by atoms with E-state index >= 15 is 0 Å². The number of hydrogen-bond donors (Lipinski definition) is 1. The van der Waals surface area contributed by atoms with Gasteiger partial charge in [0, 0.05) is 23.8 Å². The third kappa shape index (κ3) is 4.52. The molecule has 6 heteroatoms. The van der Waals surface area contributed by atoms with Crippen molar-refractivity contribution in [2.75, 3.05) is 6.54 Å². The van der Waals surface area contributed by atoms with Crippen molar-refractivity contribution in [2.45, 2.75) is 33.2 Å². The van der Waals surface area contributed by atoms with Gasteiger partial charge in [0.05, 0.1) is 6.42 Å². The second-order valence-electron chi connectivity index (χ2n) is 4.56. The van der Waals surface area contributed by atoms with Crippen LogP contribution in [-0.4, -0.2) is 39.5 Å². The van der Waals surface area contributed by atoms with Crippen molar-refractivity contribution in [1.29, 1.82) is 0 Å². The zero-order chi connectivity index (χ0) is 14.6. The molecule has 19 heavy (non-hydrogen) atoms. The van der Waals surface area contributed by atoms with E-state index in [-0.39, 0.29) is 30.1 Å². The van der Waals surface area contributed by atoms with E-state index in [2.05, 4.69) is 4.98 Å². The van der Waals surface area contributed by atoms with Gasteiger partial charge < -0.3 is 10.0 Å². The molecule has 0 bridgehead atoms. The van der Waals surface area contributed by atoms with Gasteiger partial charge in [-0.25, -0.2) is 4.98 Å². The van der Waals surface area contributed by atoms with Crippen LogP contribution >= 0.6 is 11.6 Å². The summed E-state index contributed by atoms with van der Waals surface area (Å²) in [6.07, 6.45) is -0.0816. The number of amides is 1. The summed E-state index contributed by atoms with van der Waals surface area (Å²) < 4.78 is 0. The lowest BCUT2D eigenvalue weighted by Gasteiger charge is -2.26. The summed E-state index contributed by atoms with van der Waals surface area (Å²) in [4.78, 5) is 28.5. The Hall–Kier alpha value is -1.62. The molecular formula is C13H17ClN2O3. The third-order valence-electron chi connectivity index (χ3n) is 2.62. The maximum atomic E-state index is 12.3. The highest BCUT2D eigenvalue weighted by Crippen LogP contribution is 2.14. The van der Waals surface area contributed by atoms with Crippen LogP contribution in [0, 0.1) is 6.92 Å². The van der Waals surface area contributed by atoms with Crippen molar-refractivity contribution in [3.05, 3.63) is 28.5 Å². The molecule has 0 saturated carbocycles. The van der Waals surface area contributed by atoms with Crippen molar-refractivity contribution in [3.63, 3.8) is 0 Å². The standard InChI is InChI=1S/C13H17ClN2O3/c1-8(2)16(5-4-12(17)18)13(19)10-6-9(3)15-11(14)7-10/h6-8H,4-5H2,1-3H3,(H,17,18). The van der Waals surface area contributed by atoms with Crippen molar-refractivity contribution < 1.29 is 14.7 Å². The fraction of sp³-hybridized carbons (Fsp3) is 0.462. The summed E-state index contributed by atoms with van der Waals surface area (Å²) in [7, 11) is 0. The van der Waals surface area contributed by atoms with Crippen LogP contribution in [0.5, 0.6) is 0 Å². The van der Waals surface area contributed by atoms with Gasteiger partial charge in [-0.15, -0.1) is 0 Å². The van der Waals surface area contributed by atoms with Crippen molar-refractivity contribution in [2.24, 2.45) is 0 Å². The average molecular weight is 285 g/mol. The number of aromatic nitrogens is 1. The van der Waals surface area contributed by atoms with E-state index in [4.69, 9.17) is 16.7 Å². The fourth-order valence-electron chi connectivity index (χ4n) is 1.73. The van der Waals surface area contributed by atoms with Crippen LogP contribution in [-0.2, 0) is 4.79 Å². The lowest BCUT2D eigenvalue weighted by molar-refractivity contribution is -0.137. The minimum atomic E-state index is -0.928. The molecule has 1 aromatic rings. The van der Waals surface area contributed by atoms with Gasteiger partial charge in [0.1, 0.15) is 5.15 Å². The summed E-state index contributed by atoms with van der Waals surface area (Å²) in [6, 6.07) is 3.05. The predicted molar refractivity (Wildman–Crippen MR) is 72.4 cm³/mol. The Morgan fingerprint density at radius 2 is 2.05 bits per heavy atom. The van der Waals surface area contributed by atoms with Gasteiger partial charge in [-0.3, -0.25) is 9.59 Å². The molecule has 0 atom stereocenters. The minimum Gasteiger partial charge on any atom is -0.481 e. The van der Waals surface area contributed by atoms with E-state index in [0.717, 1.165) is 0 Å². The SMILES string of the molecule is Cc1cc(C(=O)N(CCC(=O)O)C(C)C)cc(Cl)n1. The highest BCUT2D eigenvalue weighted by atomic mass is 35.5. The third-order valence-corrected chi connectivity index (χ3v) is 2.81. The normalized spacial score (nSPS) is 10.6. The minimum absolute atomic E-state index is 0.0816. The maximum absolute atomic E-state index is 12.3. The van der Waals surface area contributed by atoms with E-state index < -0.39 is 5.97 Å². The van der Waals surface area contributed by atoms with Crippen molar-refractivity contribution >= 4 is 23.5 Å². The molecule has 1 rings (SSSR count).